The van der Waals surface area contributed by atoms with Crippen LogP contribution in [0.5, 0.6) is 0 Å². The Hall–Kier alpha value is -6.74. The molecular weight excluding hydrogens is 671 g/mol. The summed E-state index contributed by atoms with van der Waals surface area (Å²) in [6, 6.07) is 77.2. The average Bonchev–Trinajstić information content (AvgIpc) is 3.62. The van der Waals surface area contributed by atoms with Gasteiger partial charge < -0.3 is 4.90 Å². The molecule has 9 aromatic carbocycles. The first kappa shape index (κ1) is 32.0. The summed E-state index contributed by atoms with van der Waals surface area (Å²) in [4.78, 5) is 2.40. The summed E-state index contributed by atoms with van der Waals surface area (Å²) in [6.07, 6.45) is 0. The summed E-state index contributed by atoms with van der Waals surface area (Å²) in [5.41, 5.74) is 13.0. The minimum Gasteiger partial charge on any atom is -0.310 e. The summed E-state index contributed by atoms with van der Waals surface area (Å²) in [6.45, 7) is 0. The maximum absolute atomic E-state index is 2.40. The first-order chi connectivity index (χ1) is 26.7. The van der Waals surface area contributed by atoms with Crippen molar-refractivity contribution in [3.63, 3.8) is 0 Å². The smallest absolute Gasteiger partial charge is 0.0468 e. The number of anilines is 3. The van der Waals surface area contributed by atoms with Gasteiger partial charge >= 0.3 is 0 Å². The number of fused-ring (bicyclic) bond motifs is 4. The third-order valence-electron chi connectivity index (χ3n) is 10.4. The van der Waals surface area contributed by atoms with Crippen molar-refractivity contribution >= 4 is 59.3 Å². The molecule has 254 valence electrons. The van der Waals surface area contributed by atoms with E-state index in [1.54, 1.807) is 0 Å². The summed E-state index contributed by atoms with van der Waals surface area (Å²) in [5.74, 6) is 0. The lowest BCUT2D eigenvalue weighted by molar-refractivity contribution is 1.29. The molecule has 0 amide bonds. The SMILES string of the molecule is c1ccc(-c2ccccc2-c2cccc(N(c3ccc(-c4cccc(-c5ccc6ccccc6c5)c4)cc3)c3ccc4sc5ccccc5c4c3)c2)cc1. The van der Waals surface area contributed by atoms with Crippen molar-refractivity contribution in [3.05, 3.63) is 212 Å². The van der Waals surface area contributed by atoms with Gasteiger partial charge in [0.25, 0.3) is 0 Å². The number of hydrogen-bond acceptors (Lipinski definition) is 2. The third-order valence-corrected chi connectivity index (χ3v) is 11.6. The van der Waals surface area contributed by atoms with Gasteiger partial charge in [0.05, 0.1) is 0 Å². The van der Waals surface area contributed by atoms with Gasteiger partial charge in [0.15, 0.2) is 0 Å². The highest BCUT2D eigenvalue weighted by Crippen LogP contribution is 2.43. The van der Waals surface area contributed by atoms with Crippen molar-refractivity contribution < 1.29 is 0 Å². The van der Waals surface area contributed by atoms with E-state index in [0.717, 1.165) is 17.1 Å². The molecule has 54 heavy (non-hydrogen) atoms. The second-order valence-electron chi connectivity index (χ2n) is 13.8. The van der Waals surface area contributed by atoms with Gasteiger partial charge in [0.2, 0.25) is 0 Å². The van der Waals surface area contributed by atoms with Crippen molar-refractivity contribution in [1.29, 1.82) is 0 Å². The zero-order valence-corrected chi connectivity index (χ0v) is 30.4. The van der Waals surface area contributed by atoms with E-state index in [1.807, 2.05) is 11.3 Å². The summed E-state index contributed by atoms with van der Waals surface area (Å²) < 4.78 is 2.61. The molecule has 0 bridgehead atoms. The van der Waals surface area contributed by atoms with Crippen LogP contribution in [0, 0.1) is 0 Å². The van der Waals surface area contributed by atoms with Crippen LogP contribution in [0.3, 0.4) is 0 Å². The molecule has 0 N–H and O–H groups in total. The third kappa shape index (κ3) is 5.93. The van der Waals surface area contributed by atoms with Crippen LogP contribution < -0.4 is 4.90 Å². The molecule has 10 aromatic rings. The summed E-state index contributed by atoms with van der Waals surface area (Å²) >= 11 is 1.85. The Labute approximate surface area is 319 Å². The van der Waals surface area contributed by atoms with Crippen LogP contribution in [0.4, 0.5) is 17.1 Å². The largest absolute Gasteiger partial charge is 0.310 e. The minimum absolute atomic E-state index is 1.11. The van der Waals surface area contributed by atoms with Crippen molar-refractivity contribution in [2.24, 2.45) is 0 Å². The first-order valence-corrected chi connectivity index (χ1v) is 19.2. The standard InChI is InChI=1S/C52H35NS/c1-2-13-38(14-3-1)47-20-6-7-21-48(47)43-18-11-19-45(34-43)53(46-30-31-52-50(35-46)49-22-8-9-23-51(49)54-52)44-28-26-37(27-29-44)40-16-10-17-41(32-40)42-25-24-36-12-4-5-15-39(36)33-42/h1-35H. The molecule has 0 spiro atoms. The van der Waals surface area contributed by atoms with E-state index < -0.39 is 0 Å². The van der Waals surface area contributed by atoms with Crippen LogP contribution in [0.2, 0.25) is 0 Å². The lowest BCUT2D eigenvalue weighted by Crippen LogP contribution is -2.10. The van der Waals surface area contributed by atoms with Crippen LogP contribution in [0.25, 0.3) is 75.5 Å². The lowest BCUT2D eigenvalue weighted by atomic mass is 9.94. The molecular formula is C52H35NS. The minimum atomic E-state index is 1.11. The van der Waals surface area contributed by atoms with Gasteiger partial charge in [0.1, 0.15) is 0 Å². The van der Waals surface area contributed by atoms with Gasteiger partial charge in [-0.3, -0.25) is 0 Å². The van der Waals surface area contributed by atoms with Crippen molar-refractivity contribution in [1.82, 2.24) is 0 Å². The quantitative estimate of drug-likeness (QED) is 0.160. The lowest BCUT2D eigenvalue weighted by Gasteiger charge is -2.26. The Bertz CT molecular complexity index is 2940. The van der Waals surface area contributed by atoms with Crippen LogP contribution >= 0.6 is 11.3 Å². The van der Waals surface area contributed by atoms with E-state index >= 15 is 0 Å². The molecule has 0 atom stereocenters. The van der Waals surface area contributed by atoms with Crippen LogP contribution in [0.15, 0.2) is 212 Å². The predicted molar refractivity (Wildman–Crippen MR) is 233 cm³/mol. The van der Waals surface area contributed by atoms with Crippen molar-refractivity contribution in [2.75, 3.05) is 4.90 Å². The van der Waals surface area contributed by atoms with Gasteiger partial charge in [-0.1, -0.05) is 152 Å². The molecule has 0 saturated carbocycles. The van der Waals surface area contributed by atoms with Crippen LogP contribution in [0.1, 0.15) is 0 Å². The Morgan fingerprint density at radius 2 is 0.852 bits per heavy atom. The number of nitrogens with zero attached hydrogens (tertiary/aromatic N) is 1. The van der Waals surface area contributed by atoms with Gasteiger partial charge in [-0.15, -0.1) is 11.3 Å². The highest BCUT2D eigenvalue weighted by Gasteiger charge is 2.17. The second kappa shape index (κ2) is 13.7. The van der Waals surface area contributed by atoms with Crippen LogP contribution in [-0.4, -0.2) is 0 Å². The maximum Gasteiger partial charge on any atom is 0.0468 e. The Morgan fingerprint density at radius 1 is 0.278 bits per heavy atom. The van der Waals surface area contributed by atoms with E-state index in [4.69, 9.17) is 0 Å². The zero-order chi connectivity index (χ0) is 35.8. The first-order valence-electron chi connectivity index (χ1n) is 18.4. The molecule has 0 fully saturated rings. The van der Waals surface area contributed by atoms with E-state index in [2.05, 4.69) is 217 Å². The molecule has 0 saturated heterocycles. The van der Waals surface area contributed by atoms with Gasteiger partial charge in [-0.25, -0.2) is 0 Å². The topological polar surface area (TPSA) is 3.24 Å². The maximum atomic E-state index is 2.40. The summed E-state index contributed by atoms with van der Waals surface area (Å²) in [7, 11) is 0. The fourth-order valence-electron chi connectivity index (χ4n) is 7.77. The fraction of sp³-hybridized carbons (Fsp3) is 0. The Morgan fingerprint density at radius 3 is 1.70 bits per heavy atom. The van der Waals surface area contributed by atoms with E-state index in [0.29, 0.717) is 0 Å². The predicted octanol–water partition coefficient (Wildman–Crippen LogP) is 15.3. The van der Waals surface area contributed by atoms with Gasteiger partial charge in [-0.05, 0) is 116 Å². The monoisotopic (exact) mass is 705 g/mol. The number of rotatable bonds is 7. The van der Waals surface area contributed by atoms with E-state index in [1.165, 1.54) is 75.5 Å². The zero-order valence-electron chi connectivity index (χ0n) is 29.6. The van der Waals surface area contributed by atoms with Crippen LogP contribution in [-0.2, 0) is 0 Å². The molecule has 10 rings (SSSR count). The van der Waals surface area contributed by atoms with Gasteiger partial charge in [-0.2, -0.15) is 0 Å². The Kier molecular flexibility index (Phi) is 8.09. The average molecular weight is 706 g/mol. The number of benzene rings is 9. The molecule has 0 aliphatic heterocycles. The molecule has 2 heteroatoms. The normalized spacial score (nSPS) is 11.3. The van der Waals surface area contributed by atoms with Crippen molar-refractivity contribution in [3.8, 4) is 44.5 Å². The highest BCUT2D eigenvalue weighted by molar-refractivity contribution is 7.25. The molecule has 0 aliphatic rings. The van der Waals surface area contributed by atoms with E-state index in [-0.39, 0.29) is 0 Å². The molecule has 0 aliphatic carbocycles. The number of hydrogen-bond donors (Lipinski definition) is 0. The highest BCUT2D eigenvalue weighted by atomic mass is 32.1. The molecule has 1 heterocycles. The second-order valence-corrected chi connectivity index (χ2v) is 14.8. The molecule has 0 unspecified atom stereocenters. The van der Waals surface area contributed by atoms with Crippen molar-refractivity contribution in [2.45, 2.75) is 0 Å². The van der Waals surface area contributed by atoms with E-state index in [9.17, 15) is 0 Å². The molecule has 1 nitrogen and oxygen atoms in total. The number of thiophene rings is 1. The Balaban J connectivity index is 1.07. The fourth-order valence-corrected chi connectivity index (χ4v) is 8.85. The summed E-state index contributed by atoms with van der Waals surface area (Å²) in [5, 5.41) is 5.10. The molecule has 1 aromatic heterocycles. The molecule has 0 radical (unpaired) electrons. The van der Waals surface area contributed by atoms with Gasteiger partial charge in [0, 0.05) is 37.2 Å².